The standard InChI is InChI=1S/C11H27N3/c1-11(2,10-12)6-7-14(5)9-8-13(3)4/h6-10,12H2,1-5H3. The van der Waals surface area contributed by atoms with Gasteiger partial charge in [-0.1, -0.05) is 13.8 Å². The zero-order valence-corrected chi connectivity index (χ0v) is 10.5. The Morgan fingerprint density at radius 1 is 1.00 bits per heavy atom. The minimum atomic E-state index is 0.284. The van der Waals surface area contributed by atoms with Crippen LogP contribution in [0.1, 0.15) is 20.3 Å². The summed E-state index contributed by atoms with van der Waals surface area (Å²) in [6.45, 7) is 8.62. The lowest BCUT2D eigenvalue weighted by atomic mass is 9.89. The van der Waals surface area contributed by atoms with E-state index in [1.165, 1.54) is 6.42 Å². The lowest BCUT2D eigenvalue weighted by molar-refractivity contribution is 0.234. The van der Waals surface area contributed by atoms with Crippen LogP contribution in [-0.4, -0.2) is 57.1 Å². The van der Waals surface area contributed by atoms with E-state index in [0.29, 0.717) is 0 Å². The van der Waals surface area contributed by atoms with Crippen LogP contribution in [0.3, 0.4) is 0 Å². The number of hydrogen-bond acceptors (Lipinski definition) is 3. The Hall–Kier alpha value is -0.120. The Labute approximate surface area is 89.2 Å². The maximum absolute atomic E-state index is 5.69. The van der Waals surface area contributed by atoms with E-state index in [4.69, 9.17) is 5.73 Å². The van der Waals surface area contributed by atoms with E-state index in [0.717, 1.165) is 26.2 Å². The number of hydrogen-bond donors (Lipinski definition) is 1. The second kappa shape index (κ2) is 6.38. The van der Waals surface area contributed by atoms with Crippen LogP contribution in [0.5, 0.6) is 0 Å². The average molecular weight is 201 g/mol. The first-order chi connectivity index (χ1) is 6.37. The molecule has 0 aliphatic rings. The SMILES string of the molecule is CN(C)CCN(C)CCC(C)(C)CN. The Bertz CT molecular complexity index is 143. The Morgan fingerprint density at radius 3 is 2.00 bits per heavy atom. The predicted molar refractivity (Wildman–Crippen MR) is 63.5 cm³/mol. The zero-order valence-electron chi connectivity index (χ0n) is 10.5. The molecule has 0 saturated carbocycles. The zero-order chi connectivity index (χ0) is 11.2. The van der Waals surface area contributed by atoms with E-state index in [-0.39, 0.29) is 5.41 Å². The van der Waals surface area contributed by atoms with Gasteiger partial charge >= 0.3 is 0 Å². The molecular formula is C11H27N3. The molecule has 3 heteroatoms. The predicted octanol–water partition coefficient (Wildman–Crippen LogP) is 0.855. The fourth-order valence-corrected chi connectivity index (χ4v) is 1.08. The molecule has 0 radical (unpaired) electrons. The maximum atomic E-state index is 5.69. The van der Waals surface area contributed by atoms with Gasteiger partial charge in [-0.25, -0.2) is 0 Å². The van der Waals surface area contributed by atoms with Crippen molar-refractivity contribution in [2.45, 2.75) is 20.3 Å². The highest BCUT2D eigenvalue weighted by Gasteiger charge is 2.15. The normalized spacial score (nSPS) is 12.9. The van der Waals surface area contributed by atoms with Crippen molar-refractivity contribution >= 4 is 0 Å². The molecule has 3 nitrogen and oxygen atoms in total. The fourth-order valence-electron chi connectivity index (χ4n) is 1.08. The van der Waals surface area contributed by atoms with Crippen molar-refractivity contribution in [3.05, 3.63) is 0 Å². The van der Waals surface area contributed by atoms with E-state index in [2.05, 4.69) is 44.8 Å². The molecule has 0 aromatic heterocycles. The molecule has 2 N–H and O–H groups in total. The highest BCUT2D eigenvalue weighted by atomic mass is 15.1. The molecular weight excluding hydrogens is 174 g/mol. The van der Waals surface area contributed by atoms with Crippen molar-refractivity contribution in [3.63, 3.8) is 0 Å². The van der Waals surface area contributed by atoms with Gasteiger partial charge in [-0.2, -0.15) is 0 Å². The van der Waals surface area contributed by atoms with Crippen LogP contribution in [-0.2, 0) is 0 Å². The summed E-state index contributed by atoms with van der Waals surface area (Å²) in [5.41, 5.74) is 5.97. The van der Waals surface area contributed by atoms with Crippen LogP contribution >= 0.6 is 0 Å². The van der Waals surface area contributed by atoms with Crippen molar-refractivity contribution in [1.29, 1.82) is 0 Å². The summed E-state index contributed by atoms with van der Waals surface area (Å²) in [5.74, 6) is 0. The monoisotopic (exact) mass is 201 g/mol. The van der Waals surface area contributed by atoms with Gasteiger partial charge in [-0.05, 0) is 46.1 Å². The highest BCUT2D eigenvalue weighted by molar-refractivity contribution is 4.70. The van der Waals surface area contributed by atoms with Gasteiger partial charge in [-0.3, -0.25) is 0 Å². The molecule has 0 heterocycles. The van der Waals surface area contributed by atoms with Crippen LogP contribution < -0.4 is 5.73 Å². The third-order valence-corrected chi connectivity index (χ3v) is 2.65. The van der Waals surface area contributed by atoms with Crippen molar-refractivity contribution in [1.82, 2.24) is 9.80 Å². The third-order valence-electron chi connectivity index (χ3n) is 2.65. The molecule has 0 aromatic carbocycles. The molecule has 0 aliphatic carbocycles. The molecule has 0 fully saturated rings. The van der Waals surface area contributed by atoms with Gasteiger partial charge in [0.2, 0.25) is 0 Å². The fraction of sp³-hybridized carbons (Fsp3) is 1.00. The van der Waals surface area contributed by atoms with E-state index in [9.17, 15) is 0 Å². The van der Waals surface area contributed by atoms with Gasteiger partial charge in [0.05, 0.1) is 0 Å². The molecule has 0 aliphatic heterocycles. The molecule has 0 amide bonds. The molecule has 0 rings (SSSR count). The van der Waals surface area contributed by atoms with Gasteiger partial charge in [0.1, 0.15) is 0 Å². The van der Waals surface area contributed by atoms with Crippen molar-refractivity contribution in [3.8, 4) is 0 Å². The van der Waals surface area contributed by atoms with Crippen LogP contribution in [0.25, 0.3) is 0 Å². The van der Waals surface area contributed by atoms with E-state index >= 15 is 0 Å². The maximum Gasteiger partial charge on any atom is 0.0106 e. The summed E-state index contributed by atoms with van der Waals surface area (Å²) < 4.78 is 0. The third kappa shape index (κ3) is 7.30. The second-order valence-corrected chi connectivity index (χ2v) is 5.22. The molecule has 0 spiro atoms. The summed E-state index contributed by atoms with van der Waals surface area (Å²) in [7, 11) is 6.39. The minimum Gasteiger partial charge on any atom is -0.330 e. The Balaban J connectivity index is 3.58. The molecule has 0 saturated heterocycles. The van der Waals surface area contributed by atoms with Gasteiger partial charge in [0, 0.05) is 13.1 Å². The smallest absolute Gasteiger partial charge is 0.0106 e. The summed E-state index contributed by atoms with van der Waals surface area (Å²) in [6.07, 6.45) is 1.17. The molecule has 0 bridgehead atoms. The summed E-state index contributed by atoms with van der Waals surface area (Å²) in [4.78, 5) is 4.59. The first-order valence-electron chi connectivity index (χ1n) is 5.41. The van der Waals surface area contributed by atoms with Crippen molar-refractivity contribution in [2.24, 2.45) is 11.1 Å². The molecule has 86 valence electrons. The van der Waals surface area contributed by atoms with Crippen LogP contribution in [0.4, 0.5) is 0 Å². The molecule has 0 aromatic rings. The molecule has 14 heavy (non-hydrogen) atoms. The van der Waals surface area contributed by atoms with Gasteiger partial charge in [-0.15, -0.1) is 0 Å². The minimum absolute atomic E-state index is 0.284. The van der Waals surface area contributed by atoms with Gasteiger partial charge in [0.25, 0.3) is 0 Å². The topological polar surface area (TPSA) is 32.5 Å². The van der Waals surface area contributed by atoms with E-state index in [1.807, 2.05) is 0 Å². The second-order valence-electron chi connectivity index (χ2n) is 5.22. The summed E-state index contributed by atoms with van der Waals surface area (Å²) in [5, 5.41) is 0. The highest BCUT2D eigenvalue weighted by Crippen LogP contribution is 2.17. The first kappa shape index (κ1) is 13.9. The Morgan fingerprint density at radius 2 is 1.57 bits per heavy atom. The number of nitrogens with zero attached hydrogens (tertiary/aromatic N) is 2. The first-order valence-corrected chi connectivity index (χ1v) is 5.41. The van der Waals surface area contributed by atoms with E-state index < -0.39 is 0 Å². The lowest BCUT2D eigenvalue weighted by Crippen LogP contribution is -2.33. The molecule has 0 atom stereocenters. The van der Waals surface area contributed by atoms with E-state index in [1.54, 1.807) is 0 Å². The average Bonchev–Trinajstić information content (AvgIpc) is 2.11. The van der Waals surface area contributed by atoms with Gasteiger partial charge < -0.3 is 15.5 Å². The lowest BCUT2D eigenvalue weighted by Gasteiger charge is -2.26. The molecule has 0 unspecified atom stereocenters. The number of rotatable bonds is 7. The summed E-state index contributed by atoms with van der Waals surface area (Å²) in [6, 6.07) is 0. The van der Waals surface area contributed by atoms with Crippen molar-refractivity contribution < 1.29 is 0 Å². The Kier molecular flexibility index (Phi) is 6.33. The number of likely N-dealkylation sites (N-methyl/N-ethyl adjacent to an activating group) is 2. The van der Waals surface area contributed by atoms with Crippen molar-refractivity contribution in [2.75, 3.05) is 47.3 Å². The largest absolute Gasteiger partial charge is 0.330 e. The van der Waals surface area contributed by atoms with Gasteiger partial charge in [0.15, 0.2) is 0 Å². The number of nitrogens with two attached hydrogens (primary N) is 1. The van der Waals surface area contributed by atoms with Crippen LogP contribution in [0.2, 0.25) is 0 Å². The summed E-state index contributed by atoms with van der Waals surface area (Å²) >= 11 is 0. The van der Waals surface area contributed by atoms with Crippen LogP contribution in [0, 0.1) is 5.41 Å². The quantitative estimate of drug-likeness (QED) is 0.663. The van der Waals surface area contributed by atoms with Crippen LogP contribution in [0.15, 0.2) is 0 Å².